The zero-order chi connectivity index (χ0) is 9.97. The fraction of sp³-hybridized carbons (Fsp3) is 0.444. The van der Waals surface area contributed by atoms with E-state index in [1.165, 1.54) is 0 Å². The van der Waals surface area contributed by atoms with Gasteiger partial charge in [0, 0.05) is 6.54 Å². The molecule has 74 valence electrons. The van der Waals surface area contributed by atoms with Crippen LogP contribution in [0.15, 0.2) is 18.5 Å². The van der Waals surface area contributed by atoms with E-state index in [9.17, 15) is 4.79 Å². The summed E-state index contributed by atoms with van der Waals surface area (Å²) in [6, 6.07) is 1.38. The number of carbonyl (C=O) groups is 1. The van der Waals surface area contributed by atoms with Gasteiger partial charge in [-0.3, -0.25) is 0 Å². The van der Waals surface area contributed by atoms with Crippen molar-refractivity contribution in [2.75, 3.05) is 11.4 Å². The van der Waals surface area contributed by atoms with Crippen molar-refractivity contribution >= 4 is 11.7 Å². The number of carboxylic acids is 1. The van der Waals surface area contributed by atoms with Crippen LogP contribution < -0.4 is 4.90 Å². The first-order valence-electron chi connectivity index (χ1n) is 4.55. The fourth-order valence-electron chi connectivity index (χ4n) is 1.79. The molecule has 0 bridgehead atoms. The molecule has 1 fully saturated rings. The Morgan fingerprint density at radius 2 is 2.43 bits per heavy atom. The van der Waals surface area contributed by atoms with Gasteiger partial charge >= 0.3 is 5.97 Å². The number of rotatable bonds is 2. The maximum atomic E-state index is 10.9. The molecule has 5 heteroatoms. The van der Waals surface area contributed by atoms with E-state index in [4.69, 9.17) is 5.11 Å². The molecule has 1 aromatic rings. The quantitative estimate of drug-likeness (QED) is 0.742. The molecule has 0 radical (unpaired) electrons. The Labute approximate surface area is 81.4 Å². The lowest BCUT2D eigenvalue weighted by atomic mass is 10.2. The number of hydrogen-bond donors (Lipinski definition) is 1. The van der Waals surface area contributed by atoms with E-state index in [1.807, 2.05) is 4.90 Å². The summed E-state index contributed by atoms with van der Waals surface area (Å²) >= 11 is 0. The highest BCUT2D eigenvalue weighted by atomic mass is 16.4. The average Bonchev–Trinajstić information content (AvgIpc) is 2.67. The van der Waals surface area contributed by atoms with Gasteiger partial charge in [-0.15, -0.1) is 0 Å². The first-order valence-corrected chi connectivity index (χ1v) is 4.55. The van der Waals surface area contributed by atoms with Gasteiger partial charge in [0.15, 0.2) is 0 Å². The number of carboxylic acid groups (broad SMARTS) is 1. The van der Waals surface area contributed by atoms with Gasteiger partial charge < -0.3 is 10.0 Å². The van der Waals surface area contributed by atoms with E-state index >= 15 is 0 Å². The van der Waals surface area contributed by atoms with Crippen molar-refractivity contribution in [1.82, 2.24) is 10.2 Å². The lowest BCUT2D eigenvalue weighted by Gasteiger charge is -2.22. The molecular formula is C9H11N3O2. The highest BCUT2D eigenvalue weighted by Crippen LogP contribution is 2.24. The maximum Gasteiger partial charge on any atom is 0.326 e. The predicted molar refractivity (Wildman–Crippen MR) is 50.0 cm³/mol. The largest absolute Gasteiger partial charge is 0.480 e. The molecule has 0 aromatic carbocycles. The molecular weight excluding hydrogens is 182 g/mol. The SMILES string of the molecule is O=C(O)C1CCCN1c1ccnnc1. The first kappa shape index (κ1) is 8.93. The summed E-state index contributed by atoms with van der Waals surface area (Å²) in [6.07, 6.45) is 4.80. The van der Waals surface area contributed by atoms with Crippen LogP contribution in [0.2, 0.25) is 0 Å². The Morgan fingerprint density at radius 3 is 3.07 bits per heavy atom. The van der Waals surface area contributed by atoms with Gasteiger partial charge in [-0.2, -0.15) is 10.2 Å². The number of aromatic nitrogens is 2. The van der Waals surface area contributed by atoms with Crippen LogP contribution >= 0.6 is 0 Å². The van der Waals surface area contributed by atoms with Gasteiger partial charge in [0.1, 0.15) is 6.04 Å². The van der Waals surface area contributed by atoms with Crippen molar-refractivity contribution in [2.45, 2.75) is 18.9 Å². The van der Waals surface area contributed by atoms with Crippen LogP contribution in [0.1, 0.15) is 12.8 Å². The van der Waals surface area contributed by atoms with Crippen LogP contribution in [0, 0.1) is 0 Å². The molecule has 1 unspecified atom stereocenters. The number of aliphatic carboxylic acids is 1. The molecule has 1 N–H and O–H groups in total. The van der Waals surface area contributed by atoms with Crippen molar-refractivity contribution in [3.05, 3.63) is 18.5 Å². The van der Waals surface area contributed by atoms with Crippen LogP contribution in [-0.2, 0) is 4.79 Å². The highest BCUT2D eigenvalue weighted by molar-refractivity contribution is 5.78. The van der Waals surface area contributed by atoms with E-state index in [0.29, 0.717) is 6.42 Å². The monoisotopic (exact) mass is 193 g/mol. The van der Waals surface area contributed by atoms with Crippen LogP contribution in [0.3, 0.4) is 0 Å². The summed E-state index contributed by atoms with van der Waals surface area (Å²) in [4.78, 5) is 12.8. The zero-order valence-corrected chi connectivity index (χ0v) is 7.63. The van der Waals surface area contributed by atoms with Crippen LogP contribution in [0.4, 0.5) is 5.69 Å². The summed E-state index contributed by atoms with van der Waals surface area (Å²) in [5.74, 6) is -0.765. The third-order valence-corrected chi connectivity index (χ3v) is 2.44. The van der Waals surface area contributed by atoms with Gasteiger partial charge in [-0.1, -0.05) is 0 Å². The molecule has 1 saturated heterocycles. The summed E-state index contributed by atoms with van der Waals surface area (Å²) in [7, 11) is 0. The molecule has 0 spiro atoms. The molecule has 0 amide bonds. The maximum absolute atomic E-state index is 10.9. The van der Waals surface area contributed by atoms with Crippen molar-refractivity contribution in [3.8, 4) is 0 Å². The Bertz CT molecular complexity index is 328. The third-order valence-electron chi connectivity index (χ3n) is 2.44. The molecule has 0 saturated carbocycles. The Hall–Kier alpha value is -1.65. The third kappa shape index (κ3) is 1.53. The predicted octanol–water partition coefficient (Wildman–Crippen LogP) is 0.530. The van der Waals surface area contributed by atoms with E-state index in [2.05, 4.69) is 10.2 Å². The van der Waals surface area contributed by atoms with Crippen LogP contribution in [0.5, 0.6) is 0 Å². The Morgan fingerprint density at radius 1 is 1.57 bits per heavy atom. The van der Waals surface area contributed by atoms with Gasteiger partial charge in [-0.05, 0) is 18.9 Å². The molecule has 14 heavy (non-hydrogen) atoms. The second-order valence-corrected chi connectivity index (χ2v) is 3.29. The van der Waals surface area contributed by atoms with Crippen molar-refractivity contribution < 1.29 is 9.90 Å². The first-order chi connectivity index (χ1) is 6.79. The number of nitrogens with zero attached hydrogens (tertiary/aromatic N) is 3. The number of anilines is 1. The minimum absolute atomic E-state index is 0.404. The topological polar surface area (TPSA) is 66.3 Å². The number of hydrogen-bond acceptors (Lipinski definition) is 4. The fourth-order valence-corrected chi connectivity index (χ4v) is 1.79. The molecule has 1 aliphatic rings. The summed E-state index contributed by atoms with van der Waals surface area (Å²) in [6.45, 7) is 0.780. The van der Waals surface area contributed by atoms with E-state index in [0.717, 1.165) is 18.7 Å². The lowest BCUT2D eigenvalue weighted by Crippen LogP contribution is -2.35. The Kier molecular flexibility index (Phi) is 2.30. The molecule has 2 heterocycles. The Balaban J connectivity index is 2.22. The second kappa shape index (κ2) is 3.61. The smallest absolute Gasteiger partial charge is 0.326 e. The normalized spacial score (nSPS) is 21.1. The van der Waals surface area contributed by atoms with Crippen LogP contribution in [0.25, 0.3) is 0 Å². The van der Waals surface area contributed by atoms with E-state index < -0.39 is 12.0 Å². The molecule has 1 atom stereocenters. The van der Waals surface area contributed by atoms with Crippen molar-refractivity contribution in [3.63, 3.8) is 0 Å². The minimum Gasteiger partial charge on any atom is -0.480 e. The van der Waals surface area contributed by atoms with E-state index in [1.54, 1.807) is 18.5 Å². The van der Waals surface area contributed by atoms with Crippen LogP contribution in [-0.4, -0.2) is 33.9 Å². The molecule has 1 aromatic heterocycles. The highest BCUT2D eigenvalue weighted by Gasteiger charge is 2.30. The van der Waals surface area contributed by atoms with Gasteiger partial charge in [0.2, 0.25) is 0 Å². The zero-order valence-electron chi connectivity index (χ0n) is 7.63. The molecule has 5 nitrogen and oxygen atoms in total. The molecule has 0 aliphatic carbocycles. The standard InChI is InChI=1S/C9H11N3O2/c13-9(14)8-2-1-5-12(8)7-3-4-10-11-6-7/h3-4,6,8H,1-2,5H2,(H,13,14). The summed E-state index contributed by atoms with van der Waals surface area (Å²) in [5, 5.41) is 16.4. The van der Waals surface area contributed by atoms with Gasteiger partial charge in [0.05, 0.1) is 18.1 Å². The average molecular weight is 193 g/mol. The van der Waals surface area contributed by atoms with Crippen molar-refractivity contribution in [1.29, 1.82) is 0 Å². The summed E-state index contributed by atoms with van der Waals surface area (Å²) in [5.41, 5.74) is 0.838. The summed E-state index contributed by atoms with van der Waals surface area (Å²) < 4.78 is 0. The minimum atomic E-state index is -0.765. The molecule has 1 aliphatic heterocycles. The molecule has 2 rings (SSSR count). The van der Waals surface area contributed by atoms with Gasteiger partial charge in [-0.25, -0.2) is 4.79 Å². The van der Waals surface area contributed by atoms with Crippen molar-refractivity contribution in [2.24, 2.45) is 0 Å². The lowest BCUT2D eigenvalue weighted by molar-refractivity contribution is -0.138. The van der Waals surface area contributed by atoms with E-state index in [-0.39, 0.29) is 0 Å². The van der Waals surface area contributed by atoms with Gasteiger partial charge in [0.25, 0.3) is 0 Å². The second-order valence-electron chi connectivity index (χ2n) is 3.29.